The highest BCUT2D eigenvalue weighted by Gasteiger charge is 2.13. The zero-order chi connectivity index (χ0) is 18.7. The van der Waals surface area contributed by atoms with E-state index < -0.39 is 17.3 Å². The number of anilines is 1. The zero-order valence-electron chi connectivity index (χ0n) is 13.9. The Kier molecular flexibility index (Phi) is 5.03. The van der Waals surface area contributed by atoms with Crippen molar-refractivity contribution in [2.45, 2.75) is 13.5 Å². The quantitative estimate of drug-likeness (QED) is 0.731. The van der Waals surface area contributed by atoms with E-state index in [1.54, 1.807) is 13.0 Å². The molecule has 0 saturated carbocycles. The number of hydrogen-bond donors (Lipinski definition) is 1. The molecule has 2 aromatic heterocycles. The molecular weight excluding hydrogens is 361 g/mol. The second-order valence-electron chi connectivity index (χ2n) is 5.23. The van der Waals surface area contributed by atoms with Gasteiger partial charge in [-0.05, 0) is 25.1 Å². The van der Waals surface area contributed by atoms with E-state index in [1.165, 1.54) is 42.7 Å². The summed E-state index contributed by atoms with van der Waals surface area (Å²) in [4.78, 5) is 24.0. The average Bonchev–Trinajstić information content (AvgIpc) is 3.01. The molecule has 0 unspecified atom stereocenters. The molecule has 0 fully saturated rings. The van der Waals surface area contributed by atoms with Crippen molar-refractivity contribution in [3.05, 3.63) is 51.5 Å². The predicted molar refractivity (Wildman–Crippen MR) is 93.7 cm³/mol. The van der Waals surface area contributed by atoms with Gasteiger partial charge in [0.1, 0.15) is 23.1 Å². The van der Waals surface area contributed by atoms with Gasteiger partial charge in [0.05, 0.1) is 12.8 Å². The standard InChI is InChI=1S/C16H14FN5O3S/c1-9-19-20-16(26-9)18-14(23)8-22-15(24)6-5-13(21-22)11-4-3-10(25-2)7-12(11)17/h3-7H,8H2,1-2H3,(H,18,20,23). The molecule has 0 aliphatic heterocycles. The van der Waals surface area contributed by atoms with Crippen LogP contribution < -0.4 is 15.6 Å². The van der Waals surface area contributed by atoms with Crippen LogP contribution in [0.2, 0.25) is 0 Å². The van der Waals surface area contributed by atoms with Gasteiger partial charge in [-0.1, -0.05) is 11.3 Å². The molecule has 134 valence electrons. The summed E-state index contributed by atoms with van der Waals surface area (Å²) in [5.41, 5.74) is -0.0599. The lowest BCUT2D eigenvalue weighted by molar-refractivity contribution is -0.117. The van der Waals surface area contributed by atoms with Crippen molar-refractivity contribution in [2.75, 3.05) is 12.4 Å². The third kappa shape index (κ3) is 3.91. The molecule has 10 heteroatoms. The molecule has 26 heavy (non-hydrogen) atoms. The van der Waals surface area contributed by atoms with E-state index in [4.69, 9.17) is 4.74 Å². The number of aryl methyl sites for hydroxylation is 1. The van der Waals surface area contributed by atoms with Crippen LogP contribution in [0.25, 0.3) is 11.3 Å². The fourth-order valence-electron chi connectivity index (χ4n) is 2.18. The number of hydrogen-bond acceptors (Lipinski definition) is 7. The summed E-state index contributed by atoms with van der Waals surface area (Å²) < 4.78 is 20.1. The maximum atomic E-state index is 14.2. The van der Waals surface area contributed by atoms with Crippen molar-refractivity contribution < 1.29 is 13.9 Å². The van der Waals surface area contributed by atoms with Gasteiger partial charge in [0, 0.05) is 17.7 Å². The topological polar surface area (TPSA) is 99.0 Å². The van der Waals surface area contributed by atoms with Crippen LogP contribution in [0, 0.1) is 12.7 Å². The molecule has 0 aliphatic rings. The van der Waals surface area contributed by atoms with Gasteiger partial charge < -0.3 is 4.74 Å². The van der Waals surface area contributed by atoms with Gasteiger partial charge in [-0.15, -0.1) is 10.2 Å². The molecule has 0 spiro atoms. The summed E-state index contributed by atoms with van der Waals surface area (Å²) in [5.74, 6) is -0.662. The van der Waals surface area contributed by atoms with Gasteiger partial charge in [-0.3, -0.25) is 14.9 Å². The SMILES string of the molecule is COc1ccc(-c2ccc(=O)n(CC(=O)Nc3nnc(C)s3)n2)c(F)c1. The van der Waals surface area contributed by atoms with Gasteiger partial charge in [-0.25, -0.2) is 9.07 Å². The minimum Gasteiger partial charge on any atom is -0.497 e. The van der Waals surface area contributed by atoms with Gasteiger partial charge in [0.25, 0.3) is 5.56 Å². The van der Waals surface area contributed by atoms with Crippen LogP contribution in [0.1, 0.15) is 5.01 Å². The molecular formula is C16H14FN5O3S. The number of benzene rings is 1. The fourth-order valence-corrected chi connectivity index (χ4v) is 2.79. The van der Waals surface area contributed by atoms with E-state index in [1.807, 2.05) is 0 Å². The second-order valence-corrected chi connectivity index (χ2v) is 6.42. The number of carbonyl (C=O) groups excluding carboxylic acids is 1. The Bertz CT molecular complexity index is 1020. The Morgan fingerprint density at radius 1 is 1.31 bits per heavy atom. The lowest BCUT2D eigenvalue weighted by Gasteiger charge is -2.08. The van der Waals surface area contributed by atoms with E-state index in [-0.39, 0.29) is 17.8 Å². The number of nitrogens with one attached hydrogen (secondary N) is 1. The van der Waals surface area contributed by atoms with Crippen molar-refractivity contribution in [2.24, 2.45) is 0 Å². The summed E-state index contributed by atoms with van der Waals surface area (Å²) >= 11 is 1.21. The van der Waals surface area contributed by atoms with E-state index in [9.17, 15) is 14.0 Å². The number of carbonyl (C=O) groups is 1. The van der Waals surface area contributed by atoms with Crippen molar-refractivity contribution in [3.8, 4) is 17.0 Å². The van der Waals surface area contributed by atoms with Crippen LogP contribution in [0.3, 0.4) is 0 Å². The number of ether oxygens (including phenoxy) is 1. The Balaban J connectivity index is 1.83. The molecule has 0 atom stereocenters. The Hall–Kier alpha value is -3.14. The second kappa shape index (κ2) is 7.40. The molecule has 3 rings (SSSR count). The predicted octanol–water partition coefficient (Wildman–Crippen LogP) is 1.86. The molecule has 0 aliphatic carbocycles. The van der Waals surface area contributed by atoms with Crippen molar-refractivity contribution in [1.29, 1.82) is 0 Å². The first kappa shape index (κ1) is 17.7. The summed E-state index contributed by atoms with van der Waals surface area (Å²) in [6.45, 7) is 1.43. The van der Waals surface area contributed by atoms with Crippen LogP contribution >= 0.6 is 11.3 Å². The van der Waals surface area contributed by atoms with Gasteiger partial charge >= 0.3 is 0 Å². The maximum absolute atomic E-state index is 14.2. The third-order valence-electron chi connectivity index (χ3n) is 3.38. The number of methoxy groups -OCH3 is 1. The van der Waals surface area contributed by atoms with Crippen molar-refractivity contribution >= 4 is 22.4 Å². The number of amides is 1. The van der Waals surface area contributed by atoms with Gasteiger partial charge in [0.2, 0.25) is 11.0 Å². The lowest BCUT2D eigenvalue weighted by atomic mass is 10.1. The van der Waals surface area contributed by atoms with E-state index in [2.05, 4.69) is 20.6 Å². The Labute approximate surface area is 151 Å². The molecule has 1 N–H and O–H groups in total. The highest BCUT2D eigenvalue weighted by molar-refractivity contribution is 7.15. The summed E-state index contributed by atoms with van der Waals surface area (Å²) in [7, 11) is 1.44. The third-order valence-corrected chi connectivity index (χ3v) is 4.14. The summed E-state index contributed by atoms with van der Waals surface area (Å²) in [6, 6.07) is 6.93. The molecule has 0 radical (unpaired) electrons. The van der Waals surface area contributed by atoms with E-state index in [0.29, 0.717) is 15.9 Å². The fraction of sp³-hybridized carbons (Fsp3) is 0.188. The molecule has 2 heterocycles. The highest BCUT2D eigenvalue weighted by atomic mass is 32.1. The molecule has 3 aromatic rings. The first-order valence-corrected chi connectivity index (χ1v) is 8.30. The highest BCUT2D eigenvalue weighted by Crippen LogP contribution is 2.24. The minimum absolute atomic E-state index is 0.194. The molecule has 0 saturated heterocycles. The zero-order valence-corrected chi connectivity index (χ0v) is 14.7. The molecule has 1 amide bonds. The number of rotatable bonds is 5. The Morgan fingerprint density at radius 3 is 2.77 bits per heavy atom. The van der Waals surface area contributed by atoms with E-state index in [0.717, 1.165) is 4.68 Å². The average molecular weight is 375 g/mol. The minimum atomic E-state index is -0.546. The van der Waals surface area contributed by atoms with Gasteiger partial charge in [-0.2, -0.15) is 5.10 Å². The monoisotopic (exact) mass is 375 g/mol. The molecule has 1 aromatic carbocycles. The summed E-state index contributed by atoms with van der Waals surface area (Å²) in [6.07, 6.45) is 0. The first-order chi connectivity index (χ1) is 12.5. The van der Waals surface area contributed by atoms with E-state index >= 15 is 0 Å². The van der Waals surface area contributed by atoms with Crippen LogP contribution in [0.4, 0.5) is 9.52 Å². The number of halogens is 1. The molecule has 8 nitrogen and oxygen atoms in total. The van der Waals surface area contributed by atoms with Crippen molar-refractivity contribution in [1.82, 2.24) is 20.0 Å². The van der Waals surface area contributed by atoms with Crippen LogP contribution in [-0.2, 0) is 11.3 Å². The number of nitrogens with zero attached hydrogens (tertiary/aromatic N) is 4. The normalized spacial score (nSPS) is 10.6. The number of aromatic nitrogens is 4. The first-order valence-electron chi connectivity index (χ1n) is 7.48. The largest absolute Gasteiger partial charge is 0.497 e. The van der Waals surface area contributed by atoms with Crippen molar-refractivity contribution in [3.63, 3.8) is 0 Å². The smallest absolute Gasteiger partial charge is 0.267 e. The Morgan fingerprint density at radius 2 is 2.12 bits per heavy atom. The van der Waals surface area contributed by atoms with Crippen LogP contribution in [-0.4, -0.2) is 33.0 Å². The van der Waals surface area contributed by atoms with Crippen LogP contribution in [0.15, 0.2) is 35.1 Å². The maximum Gasteiger partial charge on any atom is 0.267 e. The van der Waals surface area contributed by atoms with Gasteiger partial charge in [0.15, 0.2) is 0 Å². The summed E-state index contributed by atoms with van der Waals surface area (Å²) in [5, 5.41) is 15.2. The lowest BCUT2D eigenvalue weighted by Crippen LogP contribution is -2.29. The van der Waals surface area contributed by atoms with Crippen LogP contribution in [0.5, 0.6) is 5.75 Å². The molecule has 0 bridgehead atoms.